The van der Waals surface area contributed by atoms with Crippen molar-refractivity contribution in [2.45, 2.75) is 38.1 Å². The first-order valence-corrected chi connectivity index (χ1v) is 5.17. The van der Waals surface area contributed by atoms with E-state index in [0.29, 0.717) is 0 Å². The second kappa shape index (κ2) is 5.55. The lowest BCUT2D eigenvalue weighted by molar-refractivity contribution is 0.390. The fourth-order valence-electron chi connectivity index (χ4n) is 1.32. The predicted molar refractivity (Wildman–Crippen MR) is 53.4 cm³/mol. The van der Waals surface area contributed by atoms with Crippen LogP contribution in [0.1, 0.15) is 32.1 Å². The van der Waals surface area contributed by atoms with Crippen LogP contribution in [0.15, 0.2) is 0 Å². The molecule has 0 amide bonds. The molecule has 72 valence electrons. The second-order valence-corrected chi connectivity index (χ2v) is 4.09. The minimum absolute atomic E-state index is 0.888. The van der Waals surface area contributed by atoms with E-state index in [2.05, 4.69) is 24.3 Å². The lowest BCUT2D eigenvalue weighted by Gasteiger charge is -2.08. The smallest absolute Gasteiger partial charge is 0.00682 e. The summed E-state index contributed by atoms with van der Waals surface area (Å²) in [5.74, 6) is 0. The Kier molecular flexibility index (Phi) is 4.62. The standard InChI is InChI=1S/C10H22N2/c1-12(2)9-5-3-4-8-11-10-6-7-10/h10-11H,3-9H2,1-2H3. The van der Waals surface area contributed by atoms with Crippen LogP contribution >= 0.6 is 0 Å². The summed E-state index contributed by atoms with van der Waals surface area (Å²) in [5, 5.41) is 3.53. The Labute approximate surface area is 76.3 Å². The molecule has 0 aliphatic heterocycles. The number of hydrogen-bond donors (Lipinski definition) is 1. The van der Waals surface area contributed by atoms with Crippen LogP contribution in [-0.4, -0.2) is 38.1 Å². The van der Waals surface area contributed by atoms with Crippen molar-refractivity contribution in [1.82, 2.24) is 10.2 Å². The van der Waals surface area contributed by atoms with E-state index >= 15 is 0 Å². The summed E-state index contributed by atoms with van der Waals surface area (Å²) in [5.41, 5.74) is 0. The molecular weight excluding hydrogens is 148 g/mol. The van der Waals surface area contributed by atoms with Gasteiger partial charge in [0.2, 0.25) is 0 Å². The molecule has 1 aliphatic carbocycles. The Bertz CT molecular complexity index is 102. The third-order valence-electron chi connectivity index (χ3n) is 2.29. The van der Waals surface area contributed by atoms with Gasteiger partial charge in [-0.3, -0.25) is 0 Å². The van der Waals surface area contributed by atoms with E-state index in [1.54, 1.807) is 0 Å². The SMILES string of the molecule is CN(C)CCCCCNC1CC1. The summed E-state index contributed by atoms with van der Waals surface area (Å²) < 4.78 is 0. The fourth-order valence-corrected chi connectivity index (χ4v) is 1.32. The lowest BCUT2D eigenvalue weighted by Crippen LogP contribution is -2.18. The van der Waals surface area contributed by atoms with Gasteiger partial charge in [-0.1, -0.05) is 6.42 Å². The molecule has 1 aliphatic rings. The van der Waals surface area contributed by atoms with Crippen LogP contribution in [0, 0.1) is 0 Å². The summed E-state index contributed by atoms with van der Waals surface area (Å²) in [6.07, 6.45) is 6.90. The number of hydrogen-bond acceptors (Lipinski definition) is 2. The molecule has 2 heteroatoms. The van der Waals surface area contributed by atoms with Crippen LogP contribution < -0.4 is 5.32 Å². The Balaban J connectivity index is 1.70. The highest BCUT2D eigenvalue weighted by Gasteiger charge is 2.19. The molecule has 0 unspecified atom stereocenters. The molecule has 1 fully saturated rings. The largest absolute Gasteiger partial charge is 0.314 e. The van der Waals surface area contributed by atoms with Gasteiger partial charge >= 0.3 is 0 Å². The van der Waals surface area contributed by atoms with Gasteiger partial charge in [0.25, 0.3) is 0 Å². The Hall–Kier alpha value is -0.0800. The molecule has 0 radical (unpaired) electrons. The van der Waals surface area contributed by atoms with E-state index < -0.39 is 0 Å². The molecule has 0 spiro atoms. The van der Waals surface area contributed by atoms with Crippen molar-refractivity contribution in [2.24, 2.45) is 0 Å². The van der Waals surface area contributed by atoms with Crippen molar-refractivity contribution in [1.29, 1.82) is 0 Å². The molecule has 0 aromatic heterocycles. The molecule has 1 saturated carbocycles. The third-order valence-corrected chi connectivity index (χ3v) is 2.29. The molecule has 2 nitrogen and oxygen atoms in total. The van der Waals surface area contributed by atoms with Crippen molar-refractivity contribution in [3.8, 4) is 0 Å². The monoisotopic (exact) mass is 170 g/mol. The maximum atomic E-state index is 3.53. The van der Waals surface area contributed by atoms with Crippen molar-refractivity contribution in [2.75, 3.05) is 27.2 Å². The van der Waals surface area contributed by atoms with Gasteiger partial charge in [0, 0.05) is 6.04 Å². The van der Waals surface area contributed by atoms with Crippen molar-refractivity contribution >= 4 is 0 Å². The molecule has 0 heterocycles. The number of nitrogens with zero attached hydrogens (tertiary/aromatic N) is 1. The maximum absolute atomic E-state index is 3.53. The maximum Gasteiger partial charge on any atom is 0.00682 e. The Morgan fingerprint density at radius 2 is 1.92 bits per heavy atom. The first-order valence-electron chi connectivity index (χ1n) is 5.17. The van der Waals surface area contributed by atoms with Crippen molar-refractivity contribution in [3.05, 3.63) is 0 Å². The fraction of sp³-hybridized carbons (Fsp3) is 1.00. The first-order chi connectivity index (χ1) is 5.79. The van der Waals surface area contributed by atoms with Crippen molar-refractivity contribution < 1.29 is 0 Å². The quantitative estimate of drug-likeness (QED) is 0.582. The summed E-state index contributed by atoms with van der Waals surface area (Å²) in [4.78, 5) is 2.26. The summed E-state index contributed by atoms with van der Waals surface area (Å²) in [6.45, 7) is 2.47. The number of rotatable bonds is 7. The summed E-state index contributed by atoms with van der Waals surface area (Å²) >= 11 is 0. The third kappa shape index (κ3) is 5.56. The van der Waals surface area contributed by atoms with Gasteiger partial charge in [0.05, 0.1) is 0 Å². The molecule has 0 aromatic rings. The molecule has 1 N–H and O–H groups in total. The van der Waals surface area contributed by atoms with Gasteiger partial charge in [0.1, 0.15) is 0 Å². The first kappa shape index (κ1) is 10.0. The molecule has 0 aromatic carbocycles. The minimum Gasteiger partial charge on any atom is -0.314 e. The second-order valence-electron chi connectivity index (χ2n) is 4.09. The zero-order chi connectivity index (χ0) is 8.81. The minimum atomic E-state index is 0.888. The topological polar surface area (TPSA) is 15.3 Å². The number of nitrogens with one attached hydrogen (secondary N) is 1. The zero-order valence-electron chi connectivity index (χ0n) is 8.47. The van der Waals surface area contributed by atoms with Crippen LogP contribution in [0.25, 0.3) is 0 Å². The van der Waals surface area contributed by atoms with Gasteiger partial charge in [-0.05, 0) is 52.9 Å². The van der Waals surface area contributed by atoms with Crippen LogP contribution in [0.4, 0.5) is 0 Å². The number of unbranched alkanes of at least 4 members (excludes halogenated alkanes) is 2. The van der Waals surface area contributed by atoms with E-state index in [4.69, 9.17) is 0 Å². The van der Waals surface area contributed by atoms with Crippen LogP contribution in [-0.2, 0) is 0 Å². The highest BCUT2D eigenvalue weighted by Crippen LogP contribution is 2.18. The molecule has 0 bridgehead atoms. The van der Waals surface area contributed by atoms with E-state index in [9.17, 15) is 0 Å². The van der Waals surface area contributed by atoms with Crippen LogP contribution in [0.5, 0.6) is 0 Å². The van der Waals surface area contributed by atoms with Gasteiger partial charge in [-0.15, -0.1) is 0 Å². The zero-order valence-corrected chi connectivity index (χ0v) is 8.47. The molecule has 1 rings (SSSR count). The van der Waals surface area contributed by atoms with Gasteiger partial charge in [0.15, 0.2) is 0 Å². The predicted octanol–water partition coefficient (Wildman–Crippen LogP) is 1.47. The van der Waals surface area contributed by atoms with E-state index in [1.807, 2.05) is 0 Å². The van der Waals surface area contributed by atoms with Gasteiger partial charge in [-0.25, -0.2) is 0 Å². The van der Waals surface area contributed by atoms with E-state index in [-0.39, 0.29) is 0 Å². The lowest BCUT2D eigenvalue weighted by atomic mass is 10.2. The average Bonchev–Trinajstić information content (AvgIpc) is 2.79. The summed E-state index contributed by atoms with van der Waals surface area (Å²) in [6, 6.07) is 0.888. The van der Waals surface area contributed by atoms with Crippen molar-refractivity contribution in [3.63, 3.8) is 0 Å². The highest BCUT2D eigenvalue weighted by molar-refractivity contribution is 4.80. The van der Waals surface area contributed by atoms with E-state index in [0.717, 1.165) is 6.04 Å². The molecule has 0 saturated heterocycles. The molecule has 0 atom stereocenters. The summed E-state index contributed by atoms with van der Waals surface area (Å²) in [7, 11) is 4.28. The van der Waals surface area contributed by atoms with Crippen LogP contribution in [0.3, 0.4) is 0 Å². The van der Waals surface area contributed by atoms with E-state index in [1.165, 1.54) is 45.2 Å². The normalized spacial score (nSPS) is 17.2. The van der Waals surface area contributed by atoms with Gasteiger partial charge < -0.3 is 10.2 Å². The highest BCUT2D eigenvalue weighted by atomic mass is 15.0. The van der Waals surface area contributed by atoms with Crippen LogP contribution in [0.2, 0.25) is 0 Å². The molecule has 12 heavy (non-hydrogen) atoms. The Morgan fingerprint density at radius 1 is 1.17 bits per heavy atom. The van der Waals surface area contributed by atoms with Gasteiger partial charge in [-0.2, -0.15) is 0 Å². The Morgan fingerprint density at radius 3 is 2.50 bits per heavy atom. The average molecular weight is 170 g/mol. The molecular formula is C10H22N2.